The maximum Gasteiger partial charge on any atom is 0.320 e. The third kappa shape index (κ3) is 8.55. The summed E-state index contributed by atoms with van der Waals surface area (Å²) in [7, 11) is -3.74. The van der Waals surface area contributed by atoms with E-state index in [-0.39, 0.29) is 11.5 Å². The predicted octanol–water partition coefficient (Wildman–Crippen LogP) is 9.55. The molecule has 7 heteroatoms. The SMILES string of the molecule is CC(C)CC(N)C(=O)O.Cc1ccccc1S(=O)(=O)O[C@H]1CC[C@@]2(C)C(=CC[C@H]3[C@@H]4CC[C@H](C(C)CCCC(C)C)[C@@]4(C)CC[C@@H]32)C1. The number of aliphatic carboxylic acids is 1. The quantitative estimate of drug-likeness (QED) is 0.179. The van der Waals surface area contributed by atoms with Gasteiger partial charge in [-0.2, -0.15) is 8.42 Å². The minimum atomic E-state index is -3.74. The van der Waals surface area contributed by atoms with Crippen LogP contribution in [0.15, 0.2) is 40.8 Å². The molecule has 0 radical (unpaired) electrons. The fourth-order valence-corrected chi connectivity index (χ4v) is 11.7. The number of allylic oxidation sites excluding steroid dienone is 1. The van der Waals surface area contributed by atoms with Gasteiger partial charge in [-0.05, 0) is 129 Å². The van der Waals surface area contributed by atoms with Crippen molar-refractivity contribution in [3.63, 3.8) is 0 Å². The number of benzene rings is 1. The Hall–Kier alpha value is -1.70. The van der Waals surface area contributed by atoms with Crippen LogP contribution in [0.5, 0.6) is 0 Å². The lowest BCUT2D eigenvalue weighted by Gasteiger charge is -2.58. The summed E-state index contributed by atoms with van der Waals surface area (Å²) in [6, 6.07) is 6.47. The van der Waals surface area contributed by atoms with Crippen LogP contribution in [-0.4, -0.2) is 31.6 Å². The first-order valence-corrected chi connectivity index (χ1v) is 20.1. The van der Waals surface area contributed by atoms with E-state index >= 15 is 0 Å². The van der Waals surface area contributed by atoms with E-state index in [0.717, 1.165) is 60.3 Å². The van der Waals surface area contributed by atoms with Crippen LogP contribution < -0.4 is 5.73 Å². The van der Waals surface area contributed by atoms with E-state index in [1.807, 2.05) is 32.9 Å². The van der Waals surface area contributed by atoms with E-state index in [4.69, 9.17) is 15.0 Å². The highest BCUT2D eigenvalue weighted by atomic mass is 32.2. The highest BCUT2D eigenvalue weighted by Gasteiger charge is 2.59. The molecule has 3 saturated carbocycles. The van der Waals surface area contributed by atoms with Crippen molar-refractivity contribution in [1.82, 2.24) is 0 Å². The van der Waals surface area contributed by atoms with Gasteiger partial charge in [0.25, 0.3) is 10.1 Å². The number of hydrogen-bond acceptors (Lipinski definition) is 5. The summed E-state index contributed by atoms with van der Waals surface area (Å²) >= 11 is 0. The zero-order chi connectivity index (χ0) is 34.7. The highest BCUT2D eigenvalue weighted by molar-refractivity contribution is 7.86. The number of carboxylic acids is 1. The lowest BCUT2D eigenvalue weighted by molar-refractivity contribution is -0.138. The Bertz CT molecular complexity index is 1350. The van der Waals surface area contributed by atoms with Crippen molar-refractivity contribution in [2.24, 2.45) is 58.0 Å². The molecule has 0 aromatic heterocycles. The highest BCUT2D eigenvalue weighted by Crippen LogP contribution is 2.67. The van der Waals surface area contributed by atoms with E-state index in [2.05, 4.69) is 40.7 Å². The van der Waals surface area contributed by atoms with Crippen molar-refractivity contribution in [3.8, 4) is 0 Å². The molecule has 3 N–H and O–H groups in total. The molecular weight excluding hydrogens is 607 g/mol. The van der Waals surface area contributed by atoms with Gasteiger partial charge in [0.2, 0.25) is 0 Å². The molecule has 9 atom stereocenters. The second kappa shape index (κ2) is 15.5. The van der Waals surface area contributed by atoms with Crippen molar-refractivity contribution in [1.29, 1.82) is 0 Å². The summed E-state index contributed by atoms with van der Waals surface area (Å²) in [6.45, 7) is 18.2. The van der Waals surface area contributed by atoms with E-state index in [1.165, 1.54) is 56.9 Å². The van der Waals surface area contributed by atoms with Gasteiger partial charge < -0.3 is 10.8 Å². The Morgan fingerprint density at radius 2 is 1.68 bits per heavy atom. The Morgan fingerprint density at radius 1 is 0.979 bits per heavy atom. The molecule has 1 aromatic rings. The molecule has 3 fully saturated rings. The number of carbonyl (C=O) groups is 1. The van der Waals surface area contributed by atoms with E-state index in [0.29, 0.717) is 22.6 Å². The second-order valence-corrected chi connectivity index (χ2v) is 18.6. The van der Waals surface area contributed by atoms with Gasteiger partial charge in [0.05, 0.1) is 11.0 Å². The van der Waals surface area contributed by atoms with Gasteiger partial charge in [-0.15, -0.1) is 0 Å². The average molecular weight is 672 g/mol. The number of fused-ring (bicyclic) bond motifs is 5. The summed E-state index contributed by atoms with van der Waals surface area (Å²) in [5.74, 6) is 4.37. The van der Waals surface area contributed by atoms with Gasteiger partial charge in [0.15, 0.2) is 0 Å². The monoisotopic (exact) mass is 671 g/mol. The molecule has 0 saturated heterocycles. The first kappa shape index (κ1) is 38.1. The van der Waals surface area contributed by atoms with Crippen LogP contribution in [0.4, 0.5) is 0 Å². The van der Waals surface area contributed by atoms with Crippen molar-refractivity contribution in [2.45, 2.75) is 149 Å². The van der Waals surface area contributed by atoms with Crippen LogP contribution >= 0.6 is 0 Å². The molecule has 0 amide bonds. The first-order valence-electron chi connectivity index (χ1n) is 18.7. The van der Waals surface area contributed by atoms with E-state index in [1.54, 1.807) is 12.1 Å². The van der Waals surface area contributed by atoms with Crippen LogP contribution in [0.1, 0.15) is 131 Å². The fourth-order valence-electron chi connectivity index (χ4n) is 10.4. The van der Waals surface area contributed by atoms with Crippen LogP contribution in [0.2, 0.25) is 0 Å². The Kier molecular flexibility index (Phi) is 12.5. The molecule has 47 heavy (non-hydrogen) atoms. The lowest BCUT2D eigenvalue weighted by atomic mass is 9.47. The molecule has 0 bridgehead atoms. The van der Waals surface area contributed by atoms with Gasteiger partial charge >= 0.3 is 5.97 Å². The lowest BCUT2D eigenvalue weighted by Crippen LogP contribution is -2.51. The molecule has 6 nitrogen and oxygen atoms in total. The maximum absolute atomic E-state index is 13.1. The number of hydrogen-bond donors (Lipinski definition) is 2. The van der Waals surface area contributed by atoms with Crippen molar-refractivity contribution >= 4 is 16.1 Å². The topological polar surface area (TPSA) is 107 Å². The smallest absolute Gasteiger partial charge is 0.320 e. The van der Waals surface area contributed by atoms with Crippen LogP contribution in [-0.2, 0) is 19.1 Å². The first-order chi connectivity index (χ1) is 22.0. The Balaban J connectivity index is 0.000000488. The number of nitrogens with two attached hydrogens (primary N) is 1. The summed E-state index contributed by atoms with van der Waals surface area (Å²) < 4.78 is 32.1. The number of carboxylic acid groups (broad SMARTS) is 1. The standard InChI is InChI=1S/C34H52O3S.C6H13NO2/c1-23(2)10-9-12-24(3)29-16-17-30-28-15-14-26-22-27(37-38(35,36)32-13-8-7-11-25(32)4)18-20-33(26,5)31(28)19-21-34(29,30)6;1-4(2)3-5(7)6(8)9/h7-8,11,13-14,23-24,27-31H,9-10,12,15-22H2,1-6H3;4-5H,3,7H2,1-2H3,(H,8,9)/t24?,27-,28-,29+,30-,31-,33-,34+;/m0./s1. The van der Waals surface area contributed by atoms with Crippen molar-refractivity contribution < 1.29 is 22.5 Å². The van der Waals surface area contributed by atoms with E-state index < -0.39 is 22.1 Å². The summed E-state index contributed by atoms with van der Waals surface area (Å²) in [5.41, 5.74) is 8.16. The minimum Gasteiger partial charge on any atom is -0.480 e. The molecule has 4 aliphatic carbocycles. The molecule has 0 aliphatic heterocycles. The molecular formula is C40H65NO5S. The molecule has 0 spiro atoms. The molecule has 5 rings (SSSR count). The summed E-state index contributed by atoms with van der Waals surface area (Å²) in [6.07, 6.45) is 16.4. The van der Waals surface area contributed by atoms with Gasteiger partial charge in [-0.3, -0.25) is 8.98 Å². The van der Waals surface area contributed by atoms with E-state index in [9.17, 15) is 13.2 Å². The van der Waals surface area contributed by atoms with Crippen molar-refractivity contribution in [3.05, 3.63) is 41.5 Å². The normalized spacial score (nSPS) is 33.2. The van der Waals surface area contributed by atoms with Gasteiger partial charge in [-0.1, -0.05) is 97.6 Å². The molecule has 0 heterocycles. The van der Waals surface area contributed by atoms with Gasteiger partial charge in [0, 0.05) is 0 Å². The largest absolute Gasteiger partial charge is 0.480 e. The zero-order valence-electron chi connectivity index (χ0n) is 30.6. The molecule has 4 aliphatic rings. The second-order valence-electron chi connectivity index (χ2n) is 17.0. The third-order valence-electron chi connectivity index (χ3n) is 12.9. The van der Waals surface area contributed by atoms with Crippen LogP contribution in [0.3, 0.4) is 0 Å². The number of rotatable bonds is 11. The summed E-state index contributed by atoms with van der Waals surface area (Å²) in [5, 5.41) is 8.31. The number of aryl methyl sites for hydroxylation is 1. The minimum absolute atomic E-state index is 0.206. The average Bonchev–Trinajstić information content (AvgIpc) is 3.34. The maximum atomic E-state index is 13.1. The predicted molar refractivity (Wildman–Crippen MR) is 191 cm³/mol. The van der Waals surface area contributed by atoms with Gasteiger partial charge in [0.1, 0.15) is 6.04 Å². The molecule has 266 valence electrons. The van der Waals surface area contributed by atoms with Gasteiger partial charge in [-0.25, -0.2) is 0 Å². The Labute approximate surface area is 286 Å². The molecule has 1 aromatic carbocycles. The summed E-state index contributed by atoms with van der Waals surface area (Å²) in [4.78, 5) is 10.4. The van der Waals surface area contributed by atoms with Crippen LogP contribution in [0.25, 0.3) is 0 Å². The van der Waals surface area contributed by atoms with Crippen molar-refractivity contribution in [2.75, 3.05) is 0 Å². The zero-order valence-corrected chi connectivity index (χ0v) is 31.5. The Morgan fingerprint density at radius 3 is 2.30 bits per heavy atom. The molecule has 2 unspecified atom stereocenters. The third-order valence-corrected chi connectivity index (χ3v) is 14.5. The fraction of sp³-hybridized carbons (Fsp3) is 0.775. The van der Waals surface area contributed by atoms with Crippen LogP contribution in [0, 0.1) is 59.2 Å².